The van der Waals surface area contributed by atoms with Gasteiger partial charge in [0.1, 0.15) is 5.54 Å². The molecule has 1 aliphatic heterocycles. The number of rotatable bonds is 0. The molecule has 1 aromatic carbocycles. The maximum Gasteiger partial charge on any atom is 0.322 e. The number of fused-ring (bicyclic) bond motifs is 1. The Balaban J connectivity index is 1.91. The van der Waals surface area contributed by atoms with Crippen molar-refractivity contribution in [1.82, 2.24) is 10.6 Å². The van der Waals surface area contributed by atoms with Crippen LogP contribution in [-0.2, 0) is 17.6 Å². The fourth-order valence-electron chi connectivity index (χ4n) is 2.82. The average molecular weight is 245 g/mol. The van der Waals surface area contributed by atoms with Gasteiger partial charge < -0.3 is 11.1 Å². The number of nitrogens with one attached hydrogen (secondary N) is 2. The van der Waals surface area contributed by atoms with Gasteiger partial charge in [-0.05, 0) is 48.9 Å². The molecule has 5 nitrogen and oxygen atoms in total. The smallest absolute Gasteiger partial charge is 0.322 e. The van der Waals surface area contributed by atoms with Gasteiger partial charge >= 0.3 is 6.03 Å². The Morgan fingerprint density at radius 1 is 1.11 bits per heavy atom. The summed E-state index contributed by atoms with van der Waals surface area (Å²) in [7, 11) is 0. The van der Waals surface area contributed by atoms with Crippen molar-refractivity contribution in [2.45, 2.75) is 31.2 Å². The average Bonchev–Trinajstić information content (AvgIpc) is 2.50. The van der Waals surface area contributed by atoms with Crippen molar-refractivity contribution < 1.29 is 9.59 Å². The lowest BCUT2D eigenvalue weighted by Crippen LogP contribution is -2.46. The van der Waals surface area contributed by atoms with Crippen molar-refractivity contribution in [3.05, 3.63) is 29.3 Å². The fraction of sp³-hybridized carbons (Fsp3) is 0.385. The topological polar surface area (TPSA) is 84.2 Å². The summed E-state index contributed by atoms with van der Waals surface area (Å²) >= 11 is 0. The second kappa shape index (κ2) is 3.73. The molecule has 1 aromatic rings. The minimum absolute atomic E-state index is 0.201. The Morgan fingerprint density at radius 2 is 1.83 bits per heavy atom. The van der Waals surface area contributed by atoms with E-state index in [1.54, 1.807) is 0 Å². The van der Waals surface area contributed by atoms with E-state index in [1.807, 2.05) is 18.2 Å². The molecule has 0 saturated carbocycles. The van der Waals surface area contributed by atoms with Crippen molar-refractivity contribution in [2.75, 3.05) is 5.73 Å². The van der Waals surface area contributed by atoms with Crippen molar-refractivity contribution in [2.24, 2.45) is 0 Å². The van der Waals surface area contributed by atoms with Gasteiger partial charge in [-0.25, -0.2) is 4.79 Å². The van der Waals surface area contributed by atoms with E-state index in [4.69, 9.17) is 5.73 Å². The Kier molecular flexibility index (Phi) is 2.29. The van der Waals surface area contributed by atoms with Gasteiger partial charge in [0.25, 0.3) is 5.91 Å². The van der Waals surface area contributed by atoms with Crippen LogP contribution in [0.3, 0.4) is 0 Å². The Bertz CT molecular complexity index is 541. The standard InChI is InChI=1S/C13H15N3O2/c14-10-2-1-8-3-5-13(6-4-9(8)7-10)11(17)15-12(18)16-13/h1-2,7H,3-6,14H2,(H2,15,16,17,18). The van der Waals surface area contributed by atoms with Crippen molar-refractivity contribution in [3.63, 3.8) is 0 Å². The van der Waals surface area contributed by atoms with Gasteiger partial charge in [-0.3, -0.25) is 10.1 Å². The molecule has 1 spiro atoms. The molecule has 0 aromatic heterocycles. The number of hydrogen-bond donors (Lipinski definition) is 3. The molecule has 2 aliphatic rings. The molecular formula is C13H15N3O2. The summed E-state index contributed by atoms with van der Waals surface area (Å²) in [5.74, 6) is -0.201. The summed E-state index contributed by atoms with van der Waals surface area (Å²) in [5, 5.41) is 5.11. The second-order valence-corrected chi connectivity index (χ2v) is 5.02. The largest absolute Gasteiger partial charge is 0.399 e. The molecule has 3 rings (SSSR count). The first-order valence-electron chi connectivity index (χ1n) is 6.10. The number of hydrogen-bond acceptors (Lipinski definition) is 3. The zero-order chi connectivity index (χ0) is 12.8. The fourth-order valence-corrected chi connectivity index (χ4v) is 2.82. The van der Waals surface area contributed by atoms with E-state index >= 15 is 0 Å². The summed E-state index contributed by atoms with van der Waals surface area (Å²) < 4.78 is 0. The zero-order valence-electron chi connectivity index (χ0n) is 9.95. The minimum Gasteiger partial charge on any atom is -0.399 e. The van der Waals surface area contributed by atoms with Crippen LogP contribution in [0.4, 0.5) is 10.5 Å². The van der Waals surface area contributed by atoms with Crippen molar-refractivity contribution in [1.29, 1.82) is 0 Å². The normalized spacial score (nSPS) is 26.4. The molecule has 1 saturated heterocycles. The number of urea groups is 1. The highest BCUT2D eigenvalue weighted by molar-refractivity contribution is 6.07. The lowest BCUT2D eigenvalue weighted by Gasteiger charge is -2.23. The molecular weight excluding hydrogens is 230 g/mol. The van der Waals surface area contributed by atoms with E-state index in [1.165, 1.54) is 11.1 Å². The predicted octanol–water partition coefficient (Wildman–Crippen LogP) is 0.726. The van der Waals surface area contributed by atoms with Gasteiger partial charge in [0.05, 0.1) is 0 Å². The highest BCUT2D eigenvalue weighted by Crippen LogP contribution is 2.30. The highest BCUT2D eigenvalue weighted by atomic mass is 16.2. The molecule has 1 atom stereocenters. The van der Waals surface area contributed by atoms with Gasteiger partial charge in [-0.15, -0.1) is 0 Å². The number of benzene rings is 1. The first-order chi connectivity index (χ1) is 8.59. The van der Waals surface area contributed by atoms with Crippen LogP contribution in [-0.4, -0.2) is 17.5 Å². The van der Waals surface area contributed by atoms with Gasteiger partial charge in [0, 0.05) is 5.69 Å². The SMILES string of the molecule is Nc1ccc2c(c1)CCC1(CC2)NC(=O)NC1=O. The number of aryl methyl sites for hydroxylation is 2. The van der Waals surface area contributed by atoms with Crippen LogP contribution >= 0.6 is 0 Å². The third-order valence-electron chi connectivity index (χ3n) is 3.89. The number of amides is 3. The van der Waals surface area contributed by atoms with Gasteiger partial charge in [0.15, 0.2) is 0 Å². The number of anilines is 1. The lowest BCUT2D eigenvalue weighted by molar-refractivity contribution is -0.124. The van der Waals surface area contributed by atoms with Gasteiger partial charge in [0.2, 0.25) is 0 Å². The molecule has 0 radical (unpaired) electrons. The van der Waals surface area contributed by atoms with E-state index in [0.717, 1.165) is 18.5 Å². The first-order valence-corrected chi connectivity index (χ1v) is 6.10. The van der Waals surface area contributed by atoms with Crippen LogP contribution < -0.4 is 16.4 Å². The van der Waals surface area contributed by atoms with Crippen molar-refractivity contribution >= 4 is 17.6 Å². The van der Waals surface area contributed by atoms with Crippen LogP contribution in [0.2, 0.25) is 0 Å². The Labute approximate surface area is 105 Å². The van der Waals surface area contributed by atoms with Crippen molar-refractivity contribution in [3.8, 4) is 0 Å². The molecule has 1 aliphatic carbocycles. The molecule has 0 bridgehead atoms. The lowest BCUT2D eigenvalue weighted by atomic mass is 9.90. The molecule has 18 heavy (non-hydrogen) atoms. The summed E-state index contributed by atoms with van der Waals surface area (Å²) in [6.45, 7) is 0. The third-order valence-corrected chi connectivity index (χ3v) is 3.89. The summed E-state index contributed by atoms with van der Waals surface area (Å²) in [5.41, 5.74) is 8.19. The molecule has 1 fully saturated rings. The molecule has 1 unspecified atom stereocenters. The summed E-state index contributed by atoms with van der Waals surface area (Å²) in [4.78, 5) is 23.2. The predicted molar refractivity (Wildman–Crippen MR) is 66.9 cm³/mol. The van der Waals surface area contributed by atoms with Crippen LogP contribution in [0, 0.1) is 0 Å². The molecule has 1 heterocycles. The van der Waals surface area contributed by atoms with Crippen LogP contribution in [0.15, 0.2) is 18.2 Å². The van der Waals surface area contributed by atoms with Crippen LogP contribution in [0.1, 0.15) is 24.0 Å². The monoisotopic (exact) mass is 245 g/mol. The van der Waals surface area contributed by atoms with E-state index in [2.05, 4.69) is 10.6 Å². The zero-order valence-corrected chi connectivity index (χ0v) is 9.95. The Hall–Kier alpha value is -2.04. The second-order valence-electron chi connectivity index (χ2n) is 5.02. The maximum absolute atomic E-state index is 11.9. The van der Waals surface area contributed by atoms with E-state index in [-0.39, 0.29) is 11.9 Å². The van der Waals surface area contributed by atoms with Crippen LogP contribution in [0.5, 0.6) is 0 Å². The van der Waals surface area contributed by atoms with Crippen LogP contribution in [0.25, 0.3) is 0 Å². The highest BCUT2D eigenvalue weighted by Gasteiger charge is 2.46. The number of nitrogen functional groups attached to an aromatic ring is 1. The maximum atomic E-state index is 11.9. The van der Waals surface area contributed by atoms with E-state index < -0.39 is 5.54 Å². The number of nitrogens with two attached hydrogens (primary N) is 1. The third kappa shape index (κ3) is 1.63. The Morgan fingerprint density at radius 3 is 2.50 bits per heavy atom. The van der Waals surface area contributed by atoms with E-state index in [9.17, 15) is 9.59 Å². The van der Waals surface area contributed by atoms with Gasteiger partial charge in [-0.2, -0.15) is 0 Å². The molecule has 94 valence electrons. The number of carbonyl (C=O) groups is 2. The van der Waals surface area contributed by atoms with Gasteiger partial charge in [-0.1, -0.05) is 6.07 Å². The first kappa shape index (κ1) is 11.1. The quantitative estimate of drug-likeness (QED) is 0.465. The summed E-state index contributed by atoms with van der Waals surface area (Å²) in [6, 6.07) is 5.47. The number of carbonyl (C=O) groups excluding carboxylic acids is 2. The van der Waals surface area contributed by atoms with E-state index in [0.29, 0.717) is 12.8 Å². The minimum atomic E-state index is -0.731. The number of imide groups is 1. The molecule has 3 amide bonds. The molecule has 4 N–H and O–H groups in total. The molecule has 5 heteroatoms. The summed E-state index contributed by atoms with van der Waals surface area (Å²) in [6.07, 6.45) is 2.81.